The van der Waals surface area contributed by atoms with Crippen LogP contribution in [0.5, 0.6) is 0 Å². The zero-order valence-corrected chi connectivity index (χ0v) is 16.4. The summed E-state index contributed by atoms with van der Waals surface area (Å²) in [6.45, 7) is 2.61. The molecule has 4 aromatic rings. The van der Waals surface area contributed by atoms with Crippen LogP contribution < -0.4 is 0 Å². The van der Waals surface area contributed by atoms with E-state index in [0.717, 1.165) is 59.1 Å². The van der Waals surface area contributed by atoms with Crippen LogP contribution in [-0.4, -0.2) is 31.0 Å². The quantitative estimate of drug-likeness (QED) is 0.525. The normalized spacial score (nSPS) is 14.4. The molecule has 0 N–H and O–H groups in total. The summed E-state index contributed by atoms with van der Waals surface area (Å²) in [6, 6.07) is 16.1. The number of aromatic nitrogens is 4. The summed E-state index contributed by atoms with van der Waals surface area (Å²) in [5.41, 5.74) is 5.46. The van der Waals surface area contributed by atoms with Gasteiger partial charge in [-0.25, -0.2) is 15.0 Å². The predicted molar refractivity (Wildman–Crippen MR) is 111 cm³/mol. The first-order chi connectivity index (χ1) is 13.7. The average molecular weight is 390 g/mol. The van der Waals surface area contributed by atoms with Crippen molar-refractivity contribution in [1.82, 2.24) is 24.4 Å². The number of hydrogen-bond acceptors (Lipinski definition) is 4. The van der Waals surface area contributed by atoms with E-state index in [-0.39, 0.29) is 0 Å². The molecule has 28 heavy (non-hydrogen) atoms. The highest BCUT2D eigenvalue weighted by atomic mass is 35.5. The summed E-state index contributed by atoms with van der Waals surface area (Å²) in [5.74, 6) is 0.935. The lowest BCUT2D eigenvalue weighted by Gasteiger charge is -2.27. The Hall–Kier alpha value is -2.76. The second-order valence-corrected chi connectivity index (χ2v) is 7.57. The third-order valence-electron chi connectivity index (χ3n) is 5.45. The molecule has 0 fully saturated rings. The Morgan fingerprint density at radius 2 is 1.86 bits per heavy atom. The van der Waals surface area contributed by atoms with E-state index in [0.29, 0.717) is 0 Å². The van der Waals surface area contributed by atoms with E-state index in [9.17, 15) is 0 Å². The van der Waals surface area contributed by atoms with Gasteiger partial charge in [0.25, 0.3) is 0 Å². The lowest BCUT2D eigenvalue weighted by molar-refractivity contribution is 0.236. The van der Waals surface area contributed by atoms with Crippen molar-refractivity contribution in [2.75, 3.05) is 6.54 Å². The van der Waals surface area contributed by atoms with Crippen molar-refractivity contribution < 1.29 is 0 Å². The zero-order valence-electron chi connectivity index (χ0n) is 15.6. The van der Waals surface area contributed by atoms with Gasteiger partial charge in [0.1, 0.15) is 12.2 Å². The summed E-state index contributed by atoms with van der Waals surface area (Å²) >= 11 is 6.41. The van der Waals surface area contributed by atoms with Crippen molar-refractivity contribution in [2.45, 2.75) is 19.5 Å². The molecule has 5 rings (SSSR count). The van der Waals surface area contributed by atoms with Gasteiger partial charge in [-0.2, -0.15) is 0 Å². The van der Waals surface area contributed by atoms with Crippen LogP contribution >= 0.6 is 11.6 Å². The molecule has 0 atom stereocenters. The van der Waals surface area contributed by atoms with Gasteiger partial charge in [-0.1, -0.05) is 41.9 Å². The molecule has 0 bridgehead atoms. The fourth-order valence-electron chi connectivity index (χ4n) is 3.96. The van der Waals surface area contributed by atoms with Crippen LogP contribution in [0.25, 0.3) is 22.3 Å². The van der Waals surface area contributed by atoms with Crippen LogP contribution in [0.1, 0.15) is 17.1 Å². The smallest absolute Gasteiger partial charge is 0.141 e. The summed E-state index contributed by atoms with van der Waals surface area (Å²) in [5, 5.41) is 1.86. The molecule has 0 radical (unpaired) electrons. The van der Waals surface area contributed by atoms with E-state index >= 15 is 0 Å². The first-order valence-electron chi connectivity index (χ1n) is 9.41. The number of benzene rings is 2. The third kappa shape index (κ3) is 2.97. The Morgan fingerprint density at radius 1 is 1.04 bits per heavy atom. The van der Waals surface area contributed by atoms with Crippen LogP contribution in [0.15, 0.2) is 54.9 Å². The molecule has 0 aliphatic carbocycles. The van der Waals surface area contributed by atoms with E-state index in [1.165, 1.54) is 11.4 Å². The zero-order chi connectivity index (χ0) is 19.1. The Kier molecular flexibility index (Phi) is 4.34. The Bertz CT molecular complexity index is 1160. The fourth-order valence-corrected chi connectivity index (χ4v) is 4.18. The molecule has 2 aromatic carbocycles. The number of imidazole rings is 1. The number of rotatable bonds is 3. The number of hydrogen-bond donors (Lipinski definition) is 0. The molecular weight excluding hydrogens is 370 g/mol. The van der Waals surface area contributed by atoms with E-state index < -0.39 is 0 Å². The second kappa shape index (κ2) is 7.00. The van der Waals surface area contributed by atoms with Gasteiger partial charge in [-0.3, -0.25) is 4.90 Å². The topological polar surface area (TPSA) is 46.8 Å². The molecule has 1 aliphatic heterocycles. The molecule has 6 heteroatoms. The van der Waals surface area contributed by atoms with E-state index in [1.54, 1.807) is 6.33 Å². The van der Waals surface area contributed by atoms with E-state index in [2.05, 4.69) is 32.5 Å². The van der Waals surface area contributed by atoms with Crippen LogP contribution in [0.4, 0.5) is 0 Å². The van der Waals surface area contributed by atoms with Crippen LogP contribution in [0.3, 0.4) is 0 Å². The van der Waals surface area contributed by atoms with Gasteiger partial charge in [0, 0.05) is 44.1 Å². The average Bonchev–Trinajstić information content (AvgIpc) is 3.05. The first-order valence-corrected chi connectivity index (χ1v) is 9.79. The maximum atomic E-state index is 6.41. The fraction of sp³-hybridized carbons (Fsp3) is 0.227. The summed E-state index contributed by atoms with van der Waals surface area (Å²) in [6.07, 6.45) is 2.59. The third-order valence-corrected chi connectivity index (χ3v) is 5.78. The lowest BCUT2D eigenvalue weighted by Crippen LogP contribution is -2.31. The number of nitrogens with zero attached hydrogens (tertiary/aromatic N) is 5. The van der Waals surface area contributed by atoms with Crippen molar-refractivity contribution >= 4 is 22.5 Å². The monoisotopic (exact) mass is 389 g/mol. The Balaban J connectivity index is 1.45. The van der Waals surface area contributed by atoms with E-state index in [1.807, 2.05) is 42.5 Å². The molecule has 2 aromatic heterocycles. The van der Waals surface area contributed by atoms with Gasteiger partial charge >= 0.3 is 0 Å². The minimum atomic E-state index is 0.734. The first kappa shape index (κ1) is 17.3. The maximum absolute atomic E-state index is 6.41. The van der Waals surface area contributed by atoms with E-state index in [4.69, 9.17) is 16.6 Å². The molecule has 5 nitrogen and oxygen atoms in total. The molecule has 0 saturated heterocycles. The minimum Gasteiger partial charge on any atom is -0.330 e. The minimum absolute atomic E-state index is 0.734. The van der Waals surface area contributed by atoms with Gasteiger partial charge in [0.15, 0.2) is 0 Å². The van der Waals surface area contributed by atoms with Gasteiger partial charge in [0.05, 0.1) is 27.6 Å². The van der Waals surface area contributed by atoms with Crippen molar-refractivity contribution in [2.24, 2.45) is 7.05 Å². The Labute approximate surface area is 168 Å². The van der Waals surface area contributed by atoms with Gasteiger partial charge in [0.2, 0.25) is 0 Å². The SMILES string of the molecule is Cn1c(-c2ccccc2Cl)nc2c1CN(Cc1ncnc3ccccc13)CC2. The lowest BCUT2D eigenvalue weighted by atomic mass is 10.1. The Morgan fingerprint density at radius 3 is 2.75 bits per heavy atom. The molecule has 3 heterocycles. The summed E-state index contributed by atoms with van der Waals surface area (Å²) in [4.78, 5) is 16.2. The summed E-state index contributed by atoms with van der Waals surface area (Å²) in [7, 11) is 2.08. The van der Waals surface area contributed by atoms with Crippen molar-refractivity contribution in [1.29, 1.82) is 0 Å². The van der Waals surface area contributed by atoms with Crippen LogP contribution in [0.2, 0.25) is 5.02 Å². The van der Waals surface area contributed by atoms with Crippen LogP contribution in [0, 0.1) is 0 Å². The van der Waals surface area contributed by atoms with Crippen LogP contribution in [-0.2, 0) is 26.6 Å². The van der Waals surface area contributed by atoms with Gasteiger partial charge < -0.3 is 4.57 Å². The largest absolute Gasteiger partial charge is 0.330 e. The van der Waals surface area contributed by atoms with Crippen molar-refractivity contribution in [3.63, 3.8) is 0 Å². The highest BCUT2D eigenvalue weighted by Gasteiger charge is 2.24. The van der Waals surface area contributed by atoms with Gasteiger partial charge in [-0.05, 0) is 18.2 Å². The van der Waals surface area contributed by atoms with Crippen molar-refractivity contribution in [3.05, 3.63) is 77.0 Å². The highest BCUT2D eigenvalue weighted by molar-refractivity contribution is 6.33. The number of halogens is 1. The molecule has 0 unspecified atom stereocenters. The van der Waals surface area contributed by atoms with Gasteiger partial charge in [-0.15, -0.1) is 0 Å². The second-order valence-electron chi connectivity index (χ2n) is 7.17. The molecule has 0 saturated carbocycles. The molecule has 0 spiro atoms. The highest BCUT2D eigenvalue weighted by Crippen LogP contribution is 2.30. The standard InChI is InChI=1S/C22H20ClN5/c1-27-21-13-28(12-20-16-7-3-5-9-18(16)24-14-25-20)11-10-19(21)26-22(27)15-6-2-4-8-17(15)23/h2-9,14H,10-13H2,1H3. The predicted octanol–water partition coefficient (Wildman–Crippen LogP) is 4.24. The summed E-state index contributed by atoms with van der Waals surface area (Å²) < 4.78 is 2.18. The number of para-hydroxylation sites is 1. The van der Waals surface area contributed by atoms with Crippen molar-refractivity contribution in [3.8, 4) is 11.4 Å². The maximum Gasteiger partial charge on any atom is 0.141 e. The molecule has 140 valence electrons. The number of fused-ring (bicyclic) bond motifs is 2. The molecular formula is C22H20ClN5. The molecule has 0 amide bonds. The molecule has 1 aliphatic rings.